The zero-order valence-electron chi connectivity index (χ0n) is 12.6. The van der Waals surface area contributed by atoms with Crippen LogP contribution in [0.15, 0.2) is 6.20 Å². The van der Waals surface area contributed by atoms with Crippen molar-refractivity contribution in [2.45, 2.75) is 56.8 Å². The maximum Gasteiger partial charge on any atom is 0.248 e. The number of aromatic nitrogens is 3. The Balaban J connectivity index is 1.38. The number of hydrogen-bond donors (Lipinski definition) is 0. The van der Waals surface area contributed by atoms with Gasteiger partial charge in [0.25, 0.3) is 0 Å². The lowest BCUT2D eigenvalue weighted by molar-refractivity contribution is -0.0746. The summed E-state index contributed by atoms with van der Waals surface area (Å²) in [6.07, 6.45) is 4.33. The summed E-state index contributed by atoms with van der Waals surface area (Å²) in [7, 11) is 0. The zero-order chi connectivity index (χ0) is 15.2. The van der Waals surface area contributed by atoms with E-state index in [2.05, 4.69) is 15.2 Å². The van der Waals surface area contributed by atoms with Crippen LogP contribution < -0.4 is 0 Å². The van der Waals surface area contributed by atoms with Crippen molar-refractivity contribution in [1.82, 2.24) is 19.9 Å². The van der Waals surface area contributed by atoms with Crippen molar-refractivity contribution in [3.8, 4) is 0 Å². The first-order chi connectivity index (χ1) is 10.6. The Morgan fingerprint density at radius 1 is 1.27 bits per heavy atom. The lowest BCUT2D eigenvalue weighted by Crippen LogP contribution is -2.49. The largest absolute Gasteiger partial charge is 0.370 e. The summed E-state index contributed by atoms with van der Waals surface area (Å²) in [5.74, 6) is -2.04. The molecule has 0 N–H and O–H groups in total. The Morgan fingerprint density at radius 3 is 2.91 bits per heavy atom. The molecule has 1 saturated carbocycles. The monoisotopic (exact) mass is 312 g/mol. The molecule has 0 aromatic carbocycles. The van der Waals surface area contributed by atoms with E-state index in [9.17, 15) is 8.78 Å². The van der Waals surface area contributed by atoms with Crippen molar-refractivity contribution in [1.29, 1.82) is 0 Å². The fourth-order valence-corrected chi connectivity index (χ4v) is 4.06. The third kappa shape index (κ3) is 2.76. The maximum atomic E-state index is 13.3. The van der Waals surface area contributed by atoms with E-state index in [1.165, 1.54) is 0 Å². The quantitative estimate of drug-likeness (QED) is 0.840. The second-order valence-electron chi connectivity index (χ2n) is 6.93. The molecule has 0 unspecified atom stereocenters. The Labute approximate surface area is 128 Å². The van der Waals surface area contributed by atoms with Gasteiger partial charge in [0.05, 0.1) is 30.6 Å². The molecule has 7 heteroatoms. The van der Waals surface area contributed by atoms with Crippen LogP contribution in [-0.4, -0.2) is 51.6 Å². The smallest absolute Gasteiger partial charge is 0.248 e. The van der Waals surface area contributed by atoms with Gasteiger partial charge in [-0.25, -0.2) is 13.5 Å². The van der Waals surface area contributed by atoms with Gasteiger partial charge in [-0.1, -0.05) is 5.21 Å². The highest BCUT2D eigenvalue weighted by Gasteiger charge is 2.39. The van der Waals surface area contributed by atoms with Gasteiger partial charge in [0.1, 0.15) is 0 Å². The molecule has 2 atom stereocenters. The fourth-order valence-electron chi connectivity index (χ4n) is 4.06. The Kier molecular flexibility index (Phi) is 3.64. The molecule has 22 heavy (non-hydrogen) atoms. The van der Waals surface area contributed by atoms with Crippen LogP contribution in [0.2, 0.25) is 0 Å². The highest BCUT2D eigenvalue weighted by atomic mass is 19.3. The summed E-state index contributed by atoms with van der Waals surface area (Å²) in [4.78, 5) is 2.40. The van der Waals surface area contributed by atoms with Gasteiger partial charge in [-0.15, -0.1) is 5.10 Å². The maximum absolute atomic E-state index is 13.3. The highest BCUT2D eigenvalue weighted by Crippen LogP contribution is 2.37. The Bertz CT molecular complexity index is 525. The molecule has 0 amide bonds. The van der Waals surface area contributed by atoms with Crippen LogP contribution in [0.3, 0.4) is 0 Å². The van der Waals surface area contributed by atoms with Crippen LogP contribution in [-0.2, 0) is 11.3 Å². The number of piperidine rings is 1. The molecule has 122 valence electrons. The summed E-state index contributed by atoms with van der Waals surface area (Å²) in [6, 6.07) is 0.213. The second-order valence-corrected chi connectivity index (χ2v) is 6.93. The lowest BCUT2D eigenvalue weighted by atomic mass is 9.86. The molecule has 5 nitrogen and oxygen atoms in total. The average Bonchev–Trinajstić information content (AvgIpc) is 2.98. The van der Waals surface area contributed by atoms with Crippen LogP contribution in [0.25, 0.3) is 0 Å². The van der Waals surface area contributed by atoms with Crippen LogP contribution in [0.1, 0.15) is 43.8 Å². The molecule has 1 aromatic heterocycles. The number of fused-ring (bicyclic) bond motifs is 3. The van der Waals surface area contributed by atoms with Crippen molar-refractivity contribution in [3.05, 3.63) is 11.9 Å². The molecule has 2 fully saturated rings. The van der Waals surface area contributed by atoms with Crippen LogP contribution in [0.5, 0.6) is 0 Å². The normalized spacial score (nSPS) is 32.5. The Hall–Kier alpha value is -1.08. The SMILES string of the molecule is FC1(F)CCC(CN2CC[C@H]3OCc4cnnn4[C@@H]3C2)CC1. The van der Waals surface area contributed by atoms with E-state index in [0.717, 1.165) is 31.7 Å². The van der Waals surface area contributed by atoms with E-state index >= 15 is 0 Å². The predicted molar refractivity (Wildman–Crippen MR) is 75.6 cm³/mol. The number of alkyl halides is 2. The van der Waals surface area contributed by atoms with Crippen molar-refractivity contribution >= 4 is 0 Å². The second kappa shape index (κ2) is 5.53. The summed E-state index contributed by atoms with van der Waals surface area (Å²) in [6.45, 7) is 3.38. The van der Waals surface area contributed by atoms with Gasteiger partial charge in [-0.05, 0) is 25.2 Å². The van der Waals surface area contributed by atoms with Gasteiger partial charge in [0.15, 0.2) is 0 Å². The molecule has 3 heterocycles. The van der Waals surface area contributed by atoms with Gasteiger partial charge in [0.2, 0.25) is 5.92 Å². The molecule has 1 saturated heterocycles. The minimum atomic E-state index is -2.43. The molecular weight excluding hydrogens is 290 g/mol. The summed E-state index contributed by atoms with van der Waals surface area (Å²) in [5.41, 5.74) is 1.03. The number of likely N-dealkylation sites (tertiary alicyclic amines) is 1. The molecule has 2 aliphatic heterocycles. The van der Waals surface area contributed by atoms with Gasteiger partial charge in [-0.3, -0.25) is 0 Å². The van der Waals surface area contributed by atoms with Gasteiger partial charge in [-0.2, -0.15) is 0 Å². The molecular formula is C15H22F2N4O. The molecule has 1 aliphatic carbocycles. The van der Waals surface area contributed by atoms with Crippen molar-refractivity contribution in [2.75, 3.05) is 19.6 Å². The van der Waals surface area contributed by atoms with E-state index in [-0.39, 0.29) is 25.0 Å². The van der Waals surface area contributed by atoms with Gasteiger partial charge < -0.3 is 9.64 Å². The summed E-state index contributed by atoms with van der Waals surface area (Å²) >= 11 is 0. The molecule has 1 aromatic rings. The van der Waals surface area contributed by atoms with Gasteiger partial charge in [0, 0.05) is 32.5 Å². The highest BCUT2D eigenvalue weighted by molar-refractivity contribution is 5.01. The van der Waals surface area contributed by atoms with Crippen molar-refractivity contribution in [2.24, 2.45) is 5.92 Å². The Morgan fingerprint density at radius 2 is 2.09 bits per heavy atom. The summed E-state index contributed by atoms with van der Waals surface area (Å²) < 4.78 is 34.4. The molecule has 3 aliphatic rings. The molecule has 0 radical (unpaired) electrons. The van der Waals surface area contributed by atoms with E-state index in [0.29, 0.717) is 25.4 Å². The first-order valence-corrected chi connectivity index (χ1v) is 8.21. The number of halogens is 2. The first-order valence-electron chi connectivity index (χ1n) is 8.21. The summed E-state index contributed by atoms with van der Waals surface area (Å²) in [5, 5.41) is 8.18. The number of ether oxygens (including phenoxy) is 1. The average molecular weight is 312 g/mol. The minimum Gasteiger partial charge on any atom is -0.370 e. The van der Waals surface area contributed by atoms with Crippen molar-refractivity contribution < 1.29 is 13.5 Å². The van der Waals surface area contributed by atoms with Crippen LogP contribution >= 0.6 is 0 Å². The molecule has 0 bridgehead atoms. The number of hydrogen-bond acceptors (Lipinski definition) is 4. The third-order valence-corrected chi connectivity index (χ3v) is 5.37. The predicted octanol–water partition coefficient (Wildman–Crippen LogP) is 2.25. The molecule has 4 rings (SSSR count). The van der Waals surface area contributed by atoms with Crippen LogP contribution in [0, 0.1) is 5.92 Å². The van der Waals surface area contributed by atoms with Crippen LogP contribution in [0.4, 0.5) is 8.78 Å². The van der Waals surface area contributed by atoms with Gasteiger partial charge >= 0.3 is 0 Å². The molecule has 0 spiro atoms. The minimum absolute atomic E-state index is 0.0495. The first kappa shape index (κ1) is 14.5. The number of rotatable bonds is 2. The van der Waals surface area contributed by atoms with Crippen molar-refractivity contribution in [3.63, 3.8) is 0 Å². The van der Waals surface area contributed by atoms with E-state index in [1.807, 2.05) is 4.68 Å². The zero-order valence-corrected chi connectivity index (χ0v) is 12.6. The van der Waals surface area contributed by atoms with E-state index in [4.69, 9.17) is 4.74 Å². The number of nitrogens with zero attached hydrogens (tertiary/aromatic N) is 4. The topological polar surface area (TPSA) is 43.2 Å². The van der Waals surface area contributed by atoms with E-state index < -0.39 is 5.92 Å². The fraction of sp³-hybridized carbons (Fsp3) is 0.867. The third-order valence-electron chi connectivity index (χ3n) is 5.37. The lowest BCUT2D eigenvalue weighted by Gasteiger charge is -2.42. The standard InChI is InChI=1S/C15H22F2N4O/c16-15(17)4-1-11(2-5-15)8-20-6-3-14-13(9-20)21-12(10-22-14)7-18-19-21/h7,11,13-14H,1-6,8-10H2/t13-,14-/m1/s1. The van der Waals surface area contributed by atoms with E-state index in [1.54, 1.807) is 6.20 Å².